The predicted octanol–water partition coefficient (Wildman–Crippen LogP) is 4.09. The van der Waals surface area contributed by atoms with E-state index in [1.54, 1.807) is 36.7 Å². The molecule has 0 aliphatic carbocycles. The number of amides is 1. The lowest BCUT2D eigenvalue weighted by Crippen LogP contribution is -2.46. The van der Waals surface area contributed by atoms with Crippen LogP contribution >= 0.6 is 0 Å². The number of H-pyrrole nitrogens is 1. The molecular weight excluding hydrogens is 504 g/mol. The van der Waals surface area contributed by atoms with Crippen LogP contribution in [-0.4, -0.2) is 45.8 Å². The number of benzene rings is 2. The van der Waals surface area contributed by atoms with Gasteiger partial charge in [0.15, 0.2) is 17.5 Å². The highest BCUT2D eigenvalue weighted by atomic mass is 19.1. The Morgan fingerprint density at radius 2 is 1.85 bits per heavy atom. The van der Waals surface area contributed by atoms with Gasteiger partial charge < -0.3 is 20.7 Å². The predicted molar refractivity (Wildman–Crippen MR) is 140 cm³/mol. The van der Waals surface area contributed by atoms with E-state index in [0.29, 0.717) is 56.4 Å². The van der Waals surface area contributed by atoms with E-state index in [1.165, 1.54) is 12.1 Å². The van der Waals surface area contributed by atoms with Gasteiger partial charge in [-0.05, 0) is 62.3 Å². The number of anilines is 1. The minimum Gasteiger partial charge on any atom is -0.493 e. The maximum atomic E-state index is 15.9. The number of rotatable bonds is 6. The molecular formula is C28H27F2N7O2. The van der Waals surface area contributed by atoms with Crippen LogP contribution in [0.3, 0.4) is 0 Å². The Morgan fingerprint density at radius 1 is 1.05 bits per heavy atom. The van der Waals surface area contributed by atoms with Crippen LogP contribution in [0.2, 0.25) is 0 Å². The molecule has 2 aromatic carbocycles. The summed E-state index contributed by atoms with van der Waals surface area (Å²) >= 11 is 0. The van der Waals surface area contributed by atoms with E-state index in [0.717, 1.165) is 5.56 Å². The third-order valence-electron chi connectivity index (χ3n) is 7.28. The van der Waals surface area contributed by atoms with Crippen molar-refractivity contribution in [1.29, 1.82) is 0 Å². The molecule has 6 rings (SSSR count). The van der Waals surface area contributed by atoms with Gasteiger partial charge in [0.05, 0.1) is 35.0 Å². The first kappa shape index (κ1) is 24.9. The van der Waals surface area contributed by atoms with Crippen molar-refractivity contribution in [2.45, 2.75) is 30.8 Å². The first-order chi connectivity index (χ1) is 19.0. The van der Waals surface area contributed by atoms with E-state index < -0.39 is 29.1 Å². The summed E-state index contributed by atoms with van der Waals surface area (Å²) in [7, 11) is 0. The van der Waals surface area contributed by atoms with Gasteiger partial charge in [0.2, 0.25) is 0 Å². The third kappa shape index (κ3) is 4.81. The highest BCUT2D eigenvalue weighted by Gasteiger charge is 2.38. The molecule has 4 aromatic rings. The van der Waals surface area contributed by atoms with Crippen LogP contribution < -0.4 is 20.7 Å². The minimum atomic E-state index is -0.734. The average Bonchev–Trinajstić information content (AvgIpc) is 3.47. The van der Waals surface area contributed by atoms with E-state index in [2.05, 4.69) is 31.1 Å². The Morgan fingerprint density at radius 3 is 2.67 bits per heavy atom. The first-order valence-electron chi connectivity index (χ1n) is 12.9. The Hall–Kier alpha value is -4.38. The molecule has 39 heavy (non-hydrogen) atoms. The van der Waals surface area contributed by atoms with Crippen LogP contribution in [0.25, 0.3) is 11.4 Å². The standard InChI is InChI=1S/C28H27F2N7O2/c29-19-4-2-6-22-23(19)20(9-16-39-22)33-26(38)18-3-1-5-21(24(18)30)35-28(10-14-32-15-11-28)27-34-25(36-37-27)17-7-12-31-13-8-17/h1-8,12-13,20,32,35H,9-11,14-16H2,(H,33,38)(H,34,36,37)/t20-/m0/s1. The van der Waals surface area contributed by atoms with Crippen LogP contribution in [0.1, 0.15) is 47.1 Å². The minimum absolute atomic E-state index is 0.136. The van der Waals surface area contributed by atoms with Crippen molar-refractivity contribution in [2.24, 2.45) is 0 Å². The molecule has 1 amide bonds. The molecule has 0 radical (unpaired) electrons. The number of nitrogens with zero attached hydrogens (tertiary/aromatic N) is 3. The smallest absolute Gasteiger partial charge is 0.254 e. The van der Waals surface area contributed by atoms with Crippen molar-refractivity contribution >= 4 is 11.6 Å². The Balaban J connectivity index is 1.27. The van der Waals surface area contributed by atoms with Gasteiger partial charge in [0.1, 0.15) is 11.6 Å². The summed E-state index contributed by atoms with van der Waals surface area (Å²) in [5.74, 6) is -0.309. The number of halogens is 2. The Bertz CT molecular complexity index is 1490. The number of piperidine rings is 1. The number of pyridine rings is 1. The maximum Gasteiger partial charge on any atom is 0.254 e. The van der Waals surface area contributed by atoms with Gasteiger partial charge in [0, 0.05) is 24.4 Å². The van der Waals surface area contributed by atoms with Gasteiger partial charge in [0.25, 0.3) is 5.91 Å². The molecule has 0 spiro atoms. The zero-order chi connectivity index (χ0) is 26.8. The fourth-order valence-electron chi connectivity index (χ4n) is 5.23. The van der Waals surface area contributed by atoms with Crippen molar-refractivity contribution in [2.75, 3.05) is 25.0 Å². The Kier molecular flexibility index (Phi) is 6.65. The van der Waals surface area contributed by atoms with Crippen LogP contribution in [0, 0.1) is 11.6 Å². The summed E-state index contributed by atoms with van der Waals surface area (Å²) in [6.07, 6.45) is 4.95. The summed E-state index contributed by atoms with van der Waals surface area (Å²) in [4.78, 5) is 22.0. The fraction of sp³-hybridized carbons (Fsp3) is 0.286. The summed E-state index contributed by atoms with van der Waals surface area (Å²) in [6.45, 7) is 1.70. The SMILES string of the molecule is O=C(N[C@H]1CCOc2cccc(F)c21)c1cccc(NC2(c3nc(-c4ccncc4)n[nH]3)CCNCC2)c1F. The summed E-state index contributed by atoms with van der Waals surface area (Å²) in [5, 5.41) is 16.9. The zero-order valence-corrected chi connectivity index (χ0v) is 21.0. The van der Waals surface area contributed by atoms with Crippen molar-refractivity contribution in [3.05, 3.63) is 89.5 Å². The van der Waals surface area contributed by atoms with Crippen molar-refractivity contribution in [3.63, 3.8) is 0 Å². The topological polar surface area (TPSA) is 117 Å². The molecule has 4 heterocycles. The monoisotopic (exact) mass is 531 g/mol. The molecule has 200 valence electrons. The summed E-state index contributed by atoms with van der Waals surface area (Å²) in [5.41, 5.74) is 0.388. The molecule has 1 atom stereocenters. The van der Waals surface area contributed by atoms with Gasteiger partial charge in [-0.15, -0.1) is 0 Å². The summed E-state index contributed by atoms with van der Waals surface area (Å²) < 4.78 is 36.0. The number of carbonyl (C=O) groups excluding carboxylic acids is 1. The van der Waals surface area contributed by atoms with Gasteiger partial charge in [-0.2, -0.15) is 5.10 Å². The lowest BCUT2D eigenvalue weighted by atomic mass is 9.87. The number of hydrogen-bond donors (Lipinski definition) is 4. The molecule has 1 saturated heterocycles. The molecule has 2 aromatic heterocycles. The maximum absolute atomic E-state index is 15.9. The first-order valence-corrected chi connectivity index (χ1v) is 12.9. The highest BCUT2D eigenvalue weighted by Crippen LogP contribution is 2.36. The Labute approximate surface area is 223 Å². The quantitative estimate of drug-likeness (QED) is 0.296. The van der Waals surface area contributed by atoms with Gasteiger partial charge >= 0.3 is 0 Å². The number of ether oxygens (including phenoxy) is 1. The van der Waals surface area contributed by atoms with E-state index >= 15 is 4.39 Å². The normalized spacial score (nSPS) is 18.1. The molecule has 11 heteroatoms. The molecule has 2 aliphatic heterocycles. The zero-order valence-electron chi connectivity index (χ0n) is 21.0. The van der Waals surface area contributed by atoms with E-state index in [9.17, 15) is 9.18 Å². The number of fused-ring (bicyclic) bond motifs is 1. The molecule has 4 N–H and O–H groups in total. The van der Waals surface area contributed by atoms with Gasteiger partial charge in [-0.1, -0.05) is 12.1 Å². The molecule has 1 fully saturated rings. The molecule has 0 saturated carbocycles. The molecule has 0 unspecified atom stereocenters. The average molecular weight is 532 g/mol. The second-order valence-corrected chi connectivity index (χ2v) is 9.68. The van der Waals surface area contributed by atoms with Crippen LogP contribution in [0.4, 0.5) is 14.5 Å². The third-order valence-corrected chi connectivity index (χ3v) is 7.28. The summed E-state index contributed by atoms with van der Waals surface area (Å²) in [6, 6.07) is 12.2. The van der Waals surface area contributed by atoms with Crippen molar-refractivity contribution in [3.8, 4) is 17.1 Å². The number of aromatic amines is 1. The second kappa shape index (κ2) is 10.4. The number of aromatic nitrogens is 4. The lowest BCUT2D eigenvalue weighted by Gasteiger charge is -2.37. The lowest BCUT2D eigenvalue weighted by molar-refractivity contribution is 0.0919. The van der Waals surface area contributed by atoms with Crippen molar-refractivity contribution < 1.29 is 18.3 Å². The number of hydrogen-bond acceptors (Lipinski definition) is 7. The number of nitrogens with one attached hydrogen (secondary N) is 4. The van der Waals surface area contributed by atoms with E-state index in [4.69, 9.17) is 9.72 Å². The molecule has 0 bridgehead atoms. The largest absolute Gasteiger partial charge is 0.493 e. The van der Waals surface area contributed by atoms with Crippen LogP contribution in [0.15, 0.2) is 60.9 Å². The van der Waals surface area contributed by atoms with Crippen molar-refractivity contribution in [1.82, 2.24) is 30.8 Å². The molecule has 9 nitrogen and oxygen atoms in total. The van der Waals surface area contributed by atoms with Gasteiger partial charge in [-0.3, -0.25) is 14.9 Å². The second-order valence-electron chi connectivity index (χ2n) is 9.68. The number of carbonyl (C=O) groups is 1. The van der Waals surface area contributed by atoms with E-state index in [1.807, 2.05) is 12.1 Å². The highest BCUT2D eigenvalue weighted by molar-refractivity contribution is 5.95. The molecule has 2 aliphatic rings. The fourth-order valence-corrected chi connectivity index (χ4v) is 5.23. The van der Waals surface area contributed by atoms with Gasteiger partial charge in [-0.25, -0.2) is 13.8 Å². The van der Waals surface area contributed by atoms with E-state index in [-0.39, 0.29) is 16.8 Å². The van der Waals surface area contributed by atoms with Crippen LogP contribution in [-0.2, 0) is 5.54 Å². The van der Waals surface area contributed by atoms with Crippen LogP contribution in [0.5, 0.6) is 5.75 Å².